The highest BCUT2D eigenvalue weighted by atomic mass is 35.5. The van der Waals surface area contributed by atoms with Gasteiger partial charge in [-0.3, -0.25) is 0 Å². The zero-order valence-electron chi connectivity index (χ0n) is 10.3. The van der Waals surface area contributed by atoms with E-state index in [0.29, 0.717) is 17.6 Å². The second-order valence-electron chi connectivity index (χ2n) is 4.91. The van der Waals surface area contributed by atoms with Gasteiger partial charge in [-0.2, -0.15) is 0 Å². The van der Waals surface area contributed by atoms with Crippen molar-refractivity contribution in [1.29, 1.82) is 0 Å². The molecule has 0 saturated heterocycles. The third kappa shape index (κ3) is 2.06. The maximum atomic E-state index is 5.84. The van der Waals surface area contributed by atoms with Crippen molar-refractivity contribution >= 4 is 22.5 Å². The maximum absolute atomic E-state index is 5.84. The lowest BCUT2D eigenvalue weighted by Crippen LogP contribution is -2.26. The summed E-state index contributed by atoms with van der Waals surface area (Å²) in [4.78, 5) is 3.55. The van der Waals surface area contributed by atoms with Crippen molar-refractivity contribution < 1.29 is 0 Å². The Balaban J connectivity index is 1.97. The molecule has 2 nitrogen and oxygen atoms in total. The van der Waals surface area contributed by atoms with E-state index in [9.17, 15) is 0 Å². The average molecular weight is 261 g/mol. The molecule has 1 aliphatic carbocycles. The molecule has 2 aromatic rings. The number of hydrogen-bond donors (Lipinski definition) is 2. The average Bonchev–Trinajstić information content (AvgIpc) is 2.75. The molecule has 0 bridgehead atoms. The van der Waals surface area contributed by atoms with Crippen molar-refractivity contribution in [3.8, 4) is 0 Å². The molecule has 2 N–H and O–H groups in total. The maximum Gasteiger partial charge on any atom is 0.0479 e. The van der Waals surface area contributed by atoms with E-state index in [4.69, 9.17) is 11.6 Å². The molecule has 1 aliphatic rings. The van der Waals surface area contributed by atoms with E-state index in [1.54, 1.807) is 0 Å². The zero-order valence-corrected chi connectivity index (χ0v) is 11.1. The second-order valence-corrected chi connectivity index (χ2v) is 5.44. The van der Waals surface area contributed by atoms with Crippen LogP contribution in [0.5, 0.6) is 0 Å². The molecule has 1 aromatic heterocycles. The van der Waals surface area contributed by atoms with Crippen molar-refractivity contribution in [3.05, 3.63) is 47.1 Å². The molecule has 3 rings (SSSR count). The molecule has 0 radical (unpaired) electrons. The van der Waals surface area contributed by atoms with Gasteiger partial charge >= 0.3 is 0 Å². The van der Waals surface area contributed by atoms with Gasteiger partial charge in [0.25, 0.3) is 0 Å². The van der Waals surface area contributed by atoms with Gasteiger partial charge < -0.3 is 10.3 Å². The number of halogens is 1. The molecule has 0 fully saturated rings. The predicted molar refractivity (Wildman–Crippen MR) is 77.0 cm³/mol. The molecule has 18 heavy (non-hydrogen) atoms. The van der Waals surface area contributed by atoms with Gasteiger partial charge in [0.15, 0.2) is 0 Å². The highest BCUT2D eigenvalue weighted by Gasteiger charge is 2.23. The van der Waals surface area contributed by atoms with Gasteiger partial charge in [-0.1, -0.05) is 36.4 Å². The third-order valence-corrected chi connectivity index (χ3v) is 3.79. The van der Waals surface area contributed by atoms with E-state index in [1.165, 1.54) is 35.0 Å². The molecule has 1 aromatic carbocycles. The molecular weight excluding hydrogens is 244 g/mol. The number of benzene rings is 1. The van der Waals surface area contributed by atoms with Gasteiger partial charge in [0, 0.05) is 34.2 Å². The number of H-pyrrole nitrogens is 1. The standard InChI is InChI=1S/C15H17ClN2/c1-10(16)9-17-14-8-4-6-12-11-5-2-3-7-13(11)18-15(12)14/h2-3,5,7,14,17-18H,1,4,6,8-9H2. The first-order chi connectivity index (χ1) is 8.75. The molecular formula is C15H17ClN2. The summed E-state index contributed by atoms with van der Waals surface area (Å²) in [7, 11) is 0. The Hall–Kier alpha value is -1.25. The number of aromatic nitrogens is 1. The lowest BCUT2D eigenvalue weighted by Gasteiger charge is -2.23. The summed E-state index contributed by atoms with van der Waals surface area (Å²) in [6.45, 7) is 4.40. The Bertz CT molecular complexity index is 585. The van der Waals surface area contributed by atoms with Gasteiger partial charge in [0.05, 0.1) is 0 Å². The van der Waals surface area contributed by atoms with Gasteiger partial charge in [0.1, 0.15) is 0 Å². The van der Waals surface area contributed by atoms with Crippen LogP contribution in [-0.4, -0.2) is 11.5 Å². The molecule has 1 heterocycles. The van der Waals surface area contributed by atoms with E-state index in [2.05, 4.69) is 41.1 Å². The van der Waals surface area contributed by atoms with Crippen LogP contribution in [0, 0.1) is 0 Å². The Kier molecular flexibility index (Phi) is 3.14. The van der Waals surface area contributed by atoms with Crippen molar-refractivity contribution in [3.63, 3.8) is 0 Å². The number of fused-ring (bicyclic) bond motifs is 3. The van der Waals surface area contributed by atoms with Gasteiger partial charge in [0.2, 0.25) is 0 Å². The summed E-state index contributed by atoms with van der Waals surface area (Å²) in [5.74, 6) is 0. The zero-order chi connectivity index (χ0) is 12.5. The first-order valence-electron chi connectivity index (χ1n) is 6.42. The van der Waals surface area contributed by atoms with Crippen LogP contribution in [0.15, 0.2) is 35.9 Å². The summed E-state index contributed by atoms with van der Waals surface area (Å²) in [6, 6.07) is 8.90. The van der Waals surface area contributed by atoms with Crippen molar-refractivity contribution in [2.75, 3.05) is 6.54 Å². The summed E-state index contributed by atoms with van der Waals surface area (Å²) >= 11 is 5.84. The van der Waals surface area contributed by atoms with Crippen LogP contribution >= 0.6 is 11.6 Å². The largest absolute Gasteiger partial charge is 0.357 e. The molecule has 0 spiro atoms. The van der Waals surface area contributed by atoms with Crippen LogP contribution in [0.1, 0.15) is 30.1 Å². The summed E-state index contributed by atoms with van der Waals surface area (Å²) < 4.78 is 0. The first-order valence-corrected chi connectivity index (χ1v) is 6.79. The van der Waals surface area contributed by atoms with Gasteiger partial charge in [-0.05, 0) is 30.9 Å². The van der Waals surface area contributed by atoms with E-state index < -0.39 is 0 Å². The summed E-state index contributed by atoms with van der Waals surface area (Å²) in [5.41, 5.74) is 4.04. The van der Waals surface area contributed by atoms with Crippen LogP contribution in [0.4, 0.5) is 0 Å². The monoisotopic (exact) mass is 260 g/mol. The smallest absolute Gasteiger partial charge is 0.0479 e. The predicted octanol–water partition coefficient (Wildman–Crippen LogP) is 3.89. The van der Waals surface area contributed by atoms with E-state index in [1.807, 2.05) is 0 Å². The molecule has 94 valence electrons. The number of hydrogen-bond acceptors (Lipinski definition) is 1. The van der Waals surface area contributed by atoms with Gasteiger partial charge in [-0.15, -0.1) is 0 Å². The van der Waals surface area contributed by atoms with Crippen LogP contribution in [0.3, 0.4) is 0 Å². The van der Waals surface area contributed by atoms with Crippen molar-refractivity contribution in [2.45, 2.75) is 25.3 Å². The van der Waals surface area contributed by atoms with Crippen molar-refractivity contribution in [1.82, 2.24) is 10.3 Å². The molecule has 1 atom stereocenters. The molecule has 1 unspecified atom stereocenters. The normalized spacial score (nSPS) is 18.8. The topological polar surface area (TPSA) is 27.8 Å². The van der Waals surface area contributed by atoms with Crippen LogP contribution in [0.25, 0.3) is 10.9 Å². The summed E-state index contributed by atoms with van der Waals surface area (Å²) in [6.07, 6.45) is 3.55. The minimum absolute atomic E-state index is 0.372. The van der Waals surface area contributed by atoms with E-state index in [0.717, 1.165) is 6.42 Å². The highest BCUT2D eigenvalue weighted by Crippen LogP contribution is 2.34. The number of rotatable bonds is 3. The lowest BCUT2D eigenvalue weighted by molar-refractivity contribution is 0.472. The fraction of sp³-hybridized carbons (Fsp3) is 0.333. The Labute approximate surface area is 112 Å². The quantitative estimate of drug-likeness (QED) is 0.861. The first kappa shape index (κ1) is 11.8. The third-order valence-electron chi connectivity index (χ3n) is 3.65. The minimum Gasteiger partial charge on any atom is -0.357 e. The van der Waals surface area contributed by atoms with Crippen LogP contribution < -0.4 is 5.32 Å². The Morgan fingerprint density at radius 3 is 3.11 bits per heavy atom. The number of aryl methyl sites for hydroxylation is 1. The van der Waals surface area contributed by atoms with Crippen LogP contribution in [0.2, 0.25) is 0 Å². The fourth-order valence-corrected chi connectivity index (χ4v) is 2.93. The summed E-state index contributed by atoms with van der Waals surface area (Å²) in [5, 5.41) is 5.51. The lowest BCUT2D eigenvalue weighted by atomic mass is 9.92. The van der Waals surface area contributed by atoms with E-state index >= 15 is 0 Å². The number of aromatic amines is 1. The minimum atomic E-state index is 0.372. The van der Waals surface area contributed by atoms with Crippen molar-refractivity contribution in [2.24, 2.45) is 0 Å². The fourth-order valence-electron chi connectivity index (χ4n) is 2.85. The van der Waals surface area contributed by atoms with Gasteiger partial charge in [-0.25, -0.2) is 0 Å². The highest BCUT2D eigenvalue weighted by molar-refractivity contribution is 6.29. The molecule has 0 aliphatic heterocycles. The van der Waals surface area contributed by atoms with E-state index in [-0.39, 0.29) is 0 Å². The van der Waals surface area contributed by atoms with Crippen LogP contribution in [-0.2, 0) is 6.42 Å². The molecule has 3 heteroatoms. The number of para-hydroxylation sites is 1. The number of nitrogens with one attached hydrogen (secondary N) is 2. The molecule has 0 saturated carbocycles. The second kappa shape index (κ2) is 4.79. The molecule has 0 amide bonds. The Morgan fingerprint density at radius 1 is 1.44 bits per heavy atom. The Morgan fingerprint density at radius 2 is 2.28 bits per heavy atom. The SMILES string of the molecule is C=C(Cl)CNC1CCCc2c1[nH]c1ccccc21.